The van der Waals surface area contributed by atoms with Gasteiger partial charge in [0.05, 0.1) is 28.4 Å². The van der Waals surface area contributed by atoms with Crippen molar-refractivity contribution in [3.05, 3.63) is 53.6 Å². The largest absolute Gasteiger partial charge is 0.497 e. The lowest BCUT2D eigenvalue weighted by molar-refractivity contribution is -0.146. The van der Waals surface area contributed by atoms with Gasteiger partial charge in [0.2, 0.25) is 0 Å². The summed E-state index contributed by atoms with van der Waals surface area (Å²) in [5, 5.41) is 13.1. The monoisotopic (exact) mass is 389 g/mol. The second-order valence-corrected chi connectivity index (χ2v) is 5.79. The van der Waals surface area contributed by atoms with Crippen molar-refractivity contribution in [3.8, 4) is 17.2 Å². The average Bonchev–Trinajstić information content (AvgIpc) is 2.75. The highest BCUT2D eigenvalue weighted by molar-refractivity contribution is 5.97. The second-order valence-electron chi connectivity index (χ2n) is 5.79. The third-order valence-corrected chi connectivity index (χ3v) is 4.13. The van der Waals surface area contributed by atoms with Gasteiger partial charge in [-0.3, -0.25) is 4.79 Å². The molecule has 2 N–H and O–H groups in total. The van der Waals surface area contributed by atoms with Crippen molar-refractivity contribution in [2.45, 2.75) is 12.1 Å². The number of hydrogen-bond acceptors (Lipinski definition) is 7. The van der Waals surface area contributed by atoms with Crippen LogP contribution in [-0.2, 0) is 9.53 Å². The lowest BCUT2D eigenvalue weighted by Gasteiger charge is -2.22. The van der Waals surface area contributed by atoms with Gasteiger partial charge in [0.15, 0.2) is 6.04 Å². The predicted octanol–water partition coefficient (Wildman–Crippen LogP) is 1.72. The number of rotatable bonds is 8. The zero-order valence-electron chi connectivity index (χ0n) is 16.1. The Balaban J connectivity index is 2.28. The number of aliphatic hydroxyl groups excluding tert-OH is 1. The van der Waals surface area contributed by atoms with E-state index in [-0.39, 0.29) is 5.56 Å². The molecule has 0 aliphatic rings. The van der Waals surface area contributed by atoms with E-state index in [4.69, 9.17) is 18.9 Å². The first kappa shape index (κ1) is 21.0. The molecule has 0 saturated carbocycles. The summed E-state index contributed by atoms with van der Waals surface area (Å²) in [6, 6.07) is 9.76. The highest BCUT2D eigenvalue weighted by Gasteiger charge is 2.31. The molecular weight excluding hydrogens is 366 g/mol. The van der Waals surface area contributed by atoms with Gasteiger partial charge in [-0.05, 0) is 29.8 Å². The molecule has 8 heteroatoms. The molecule has 28 heavy (non-hydrogen) atoms. The number of amides is 1. The maximum absolute atomic E-state index is 12.7. The third kappa shape index (κ3) is 4.92. The normalized spacial score (nSPS) is 12.5. The summed E-state index contributed by atoms with van der Waals surface area (Å²) in [5.74, 6) is 0.0365. The molecule has 0 radical (unpaired) electrons. The molecule has 2 atom stereocenters. The number of nitrogens with one attached hydrogen (secondary N) is 1. The van der Waals surface area contributed by atoms with Crippen molar-refractivity contribution >= 4 is 11.9 Å². The Morgan fingerprint density at radius 2 is 1.39 bits per heavy atom. The number of hydrogen-bond donors (Lipinski definition) is 2. The summed E-state index contributed by atoms with van der Waals surface area (Å²) in [6.45, 7) is 0. The minimum atomic E-state index is -1.32. The quantitative estimate of drug-likeness (QED) is 0.663. The second kappa shape index (κ2) is 9.61. The zero-order valence-corrected chi connectivity index (χ0v) is 16.1. The van der Waals surface area contributed by atoms with Crippen LogP contribution in [-0.4, -0.2) is 51.5 Å². The molecule has 2 aromatic rings. The van der Waals surface area contributed by atoms with Crippen LogP contribution in [0.2, 0.25) is 0 Å². The Morgan fingerprint density at radius 1 is 0.857 bits per heavy atom. The van der Waals surface area contributed by atoms with Crippen molar-refractivity contribution in [1.29, 1.82) is 0 Å². The van der Waals surface area contributed by atoms with Crippen LogP contribution < -0.4 is 19.5 Å². The van der Waals surface area contributed by atoms with Gasteiger partial charge in [-0.25, -0.2) is 4.79 Å². The lowest BCUT2D eigenvalue weighted by Crippen LogP contribution is -2.45. The first-order valence-corrected chi connectivity index (χ1v) is 8.37. The summed E-state index contributed by atoms with van der Waals surface area (Å²) in [4.78, 5) is 24.9. The van der Waals surface area contributed by atoms with Gasteiger partial charge in [-0.15, -0.1) is 0 Å². The fraction of sp³-hybridized carbons (Fsp3) is 0.300. The lowest BCUT2D eigenvalue weighted by atomic mass is 10.0. The Bertz CT molecular complexity index is 798. The highest BCUT2D eigenvalue weighted by atomic mass is 16.5. The van der Waals surface area contributed by atoms with Crippen molar-refractivity contribution in [3.63, 3.8) is 0 Å². The fourth-order valence-electron chi connectivity index (χ4n) is 2.55. The van der Waals surface area contributed by atoms with E-state index in [2.05, 4.69) is 5.32 Å². The minimum absolute atomic E-state index is 0.201. The molecule has 0 heterocycles. The Morgan fingerprint density at radius 3 is 1.86 bits per heavy atom. The number of ether oxygens (including phenoxy) is 4. The Kier molecular flexibility index (Phi) is 7.22. The van der Waals surface area contributed by atoms with Gasteiger partial charge in [-0.1, -0.05) is 12.1 Å². The molecular formula is C20H23NO7. The average molecular weight is 389 g/mol. The van der Waals surface area contributed by atoms with Crippen LogP contribution in [0.5, 0.6) is 17.2 Å². The number of carbonyl (C=O) groups excluding carboxylic acids is 2. The minimum Gasteiger partial charge on any atom is -0.497 e. The predicted molar refractivity (Wildman–Crippen MR) is 101 cm³/mol. The first-order valence-electron chi connectivity index (χ1n) is 8.37. The molecule has 0 aliphatic carbocycles. The smallest absolute Gasteiger partial charge is 0.331 e. The van der Waals surface area contributed by atoms with E-state index in [1.165, 1.54) is 40.6 Å². The van der Waals surface area contributed by atoms with Crippen LogP contribution in [0.3, 0.4) is 0 Å². The van der Waals surface area contributed by atoms with E-state index < -0.39 is 24.0 Å². The number of carbonyl (C=O) groups is 2. The molecule has 0 saturated heterocycles. The molecule has 2 rings (SSSR count). The number of aliphatic hydroxyl groups is 1. The number of benzene rings is 2. The van der Waals surface area contributed by atoms with Crippen molar-refractivity contribution in [1.82, 2.24) is 5.32 Å². The van der Waals surface area contributed by atoms with Gasteiger partial charge in [0.25, 0.3) is 5.91 Å². The summed E-state index contributed by atoms with van der Waals surface area (Å²) >= 11 is 0. The standard InChI is InChI=1S/C20H23NO7/c1-25-14-7-5-12(6-8-14)18(22)17(20(24)28-4)21-19(23)13-9-15(26-2)11-16(10-13)27-3/h5-11,17-18,22H,1-4H3,(H,21,23). The fourth-order valence-corrected chi connectivity index (χ4v) is 2.55. The van der Waals surface area contributed by atoms with E-state index in [1.807, 2.05) is 0 Å². The SMILES string of the molecule is COC(=O)C(NC(=O)c1cc(OC)cc(OC)c1)C(O)c1ccc(OC)cc1. The van der Waals surface area contributed by atoms with Crippen LogP contribution in [0.25, 0.3) is 0 Å². The van der Waals surface area contributed by atoms with E-state index in [0.717, 1.165) is 0 Å². The van der Waals surface area contributed by atoms with Crippen LogP contribution in [0.4, 0.5) is 0 Å². The molecule has 0 fully saturated rings. The summed E-state index contributed by atoms with van der Waals surface area (Å²) in [6.07, 6.45) is -1.32. The molecule has 2 aromatic carbocycles. The molecule has 0 aliphatic heterocycles. The van der Waals surface area contributed by atoms with Crippen LogP contribution in [0.15, 0.2) is 42.5 Å². The van der Waals surface area contributed by atoms with E-state index >= 15 is 0 Å². The van der Waals surface area contributed by atoms with E-state index in [1.54, 1.807) is 30.3 Å². The molecule has 0 spiro atoms. The van der Waals surface area contributed by atoms with Crippen LogP contribution in [0.1, 0.15) is 22.0 Å². The number of esters is 1. The molecule has 8 nitrogen and oxygen atoms in total. The van der Waals surface area contributed by atoms with Crippen molar-refractivity contribution in [2.24, 2.45) is 0 Å². The van der Waals surface area contributed by atoms with Crippen LogP contribution in [0, 0.1) is 0 Å². The summed E-state index contributed by atoms with van der Waals surface area (Å²) in [7, 11) is 5.62. The van der Waals surface area contributed by atoms with Crippen molar-refractivity contribution in [2.75, 3.05) is 28.4 Å². The van der Waals surface area contributed by atoms with Gasteiger partial charge < -0.3 is 29.4 Å². The van der Waals surface area contributed by atoms with Gasteiger partial charge in [0, 0.05) is 11.6 Å². The summed E-state index contributed by atoms with van der Waals surface area (Å²) < 4.78 is 20.1. The Labute approximate surface area is 163 Å². The molecule has 0 bridgehead atoms. The van der Waals surface area contributed by atoms with Gasteiger partial charge >= 0.3 is 5.97 Å². The molecule has 150 valence electrons. The molecule has 0 aromatic heterocycles. The molecule has 1 amide bonds. The molecule has 2 unspecified atom stereocenters. The summed E-state index contributed by atoms with van der Waals surface area (Å²) in [5.41, 5.74) is 0.617. The highest BCUT2D eigenvalue weighted by Crippen LogP contribution is 2.24. The first-order chi connectivity index (χ1) is 13.4. The Hall–Kier alpha value is -3.26. The number of methoxy groups -OCH3 is 4. The maximum Gasteiger partial charge on any atom is 0.331 e. The zero-order chi connectivity index (χ0) is 20.7. The van der Waals surface area contributed by atoms with Gasteiger partial charge in [-0.2, -0.15) is 0 Å². The van der Waals surface area contributed by atoms with Crippen molar-refractivity contribution < 1.29 is 33.6 Å². The van der Waals surface area contributed by atoms with E-state index in [9.17, 15) is 14.7 Å². The van der Waals surface area contributed by atoms with Gasteiger partial charge in [0.1, 0.15) is 23.4 Å². The van der Waals surface area contributed by atoms with Crippen LogP contribution >= 0.6 is 0 Å². The maximum atomic E-state index is 12.7. The topological polar surface area (TPSA) is 103 Å². The third-order valence-electron chi connectivity index (χ3n) is 4.13. The van der Waals surface area contributed by atoms with E-state index in [0.29, 0.717) is 22.8 Å².